The second kappa shape index (κ2) is 9.71. The Morgan fingerprint density at radius 1 is 1.04 bits per heavy atom. The number of hydrogen-bond donors (Lipinski definition) is 4. The topological polar surface area (TPSA) is 173 Å². The maximum Gasteiger partial charge on any atom is 1.00 e. The quantitative estimate of drug-likeness (QED) is 0.237. The van der Waals surface area contributed by atoms with Crippen LogP contribution < -0.4 is 40.2 Å². The zero-order chi connectivity index (χ0) is 17.7. The summed E-state index contributed by atoms with van der Waals surface area (Å²) in [5, 5.41) is 20.5. The Hall–Kier alpha value is -1.50. The first-order valence-corrected chi connectivity index (χ1v) is 7.20. The summed E-state index contributed by atoms with van der Waals surface area (Å²) in [5.41, 5.74) is -0.575. The summed E-state index contributed by atoms with van der Waals surface area (Å²) < 4.78 is 21.5. The summed E-state index contributed by atoms with van der Waals surface area (Å²) in [6.07, 6.45) is 0. The molecule has 0 bridgehead atoms. The molecule has 0 fully saturated rings. The summed E-state index contributed by atoms with van der Waals surface area (Å²) in [4.78, 5) is 43.4. The molecule has 24 heavy (non-hydrogen) atoms. The second-order valence-corrected chi connectivity index (χ2v) is 5.25. The number of halogens is 1. The van der Waals surface area contributed by atoms with Crippen LogP contribution in [-0.2, 0) is 36.0 Å². The molecule has 0 aliphatic rings. The number of anilines is 2. The van der Waals surface area contributed by atoms with Crippen molar-refractivity contribution in [1.82, 2.24) is 0 Å². The molecule has 1 aromatic rings. The van der Waals surface area contributed by atoms with Crippen molar-refractivity contribution in [2.45, 2.75) is 5.75 Å². The molecule has 1 unspecified atom stereocenters. The number of rotatable bonds is 4. The van der Waals surface area contributed by atoms with Crippen LogP contribution in [0, 0.1) is 0 Å². The van der Waals surface area contributed by atoms with Crippen molar-refractivity contribution in [1.29, 1.82) is 0 Å². The Morgan fingerprint density at radius 2 is 1.42 bits per heavy atom. The average Bonchev–Trinajstić information content (AvgIpc) is 2.42. The van der Waals surface area contributed by atoms with Crippen LogP contribution in [0.4, 0.5) is 11.4 Å². The van der Waals surface area contributed by atoms with Gasteiger partial charge in [-0.2, -0.15) is 0 Å². The number of carbonyl (C=O) groups is 4. The number of nitrogens with one attached hydrogen (secondary N) is 2. The number of carbonyl (C=O) groups excluding carboxylic acids is 2. The Balaban J connectivity index is 0.00000529. The van der Waals surface area contributed by atoms with Crippen LogP contribution in [0.5, 0.6) is 0 Å². The molecule has 0 saturated carbocycles. The molecule has 0 saturated heterocycles. The monoisotopic (exact) mass is 386 g/mol. The van der Waals surface area contributed by atoms with E-state index in [1.807, 2.05) is 10.6 Å². The van der Waals surface area contributed by atoms with Crippen LogP contribution >= 0.6 is 11.6 Å². The molecule has 1 rings (SSSR count). The standard InChI is InChI=1S/C11H9ClN2O8S.Na/c12-7-5(13-8(15)10(17)18)1-4(3-23(21)22)2-6(7)14-9(16)11(19)20;/h1-2H,3H2,(H,13,15)(H,14,16)(H,17,18)(H,19,20)(H,21,22);/q;+1/p-1. The van der Waals surface area contributed by atoms with E-state index in [0.29, 0.717) is 0 Å². The maximum atomic E-state index is 11.2. The zero-order valence-electron chi connectivity index (χ0n) is 12.0. The third kappa shape index (κ3) is 6.55. The van der Waals surface area contributed by atoms with Crippen molar-refractivity contribution in [3.63, 3.8) is 0 Å². The second-order valence-electron chi connectivity index (χ2n) is 3.97. The van der Waals surface area contributed by atoms with Crippen LogP contribution in [0.3, 0.4) is 0 Å². The van der Waals surface area contributed by atoms with Crippen molar-refractivity contribution in [2.24, 2.45) is 0 Å². The molecular formula is C11H8ClN2NaO8S. The summed E-state index contributed by atoms with van der Waals surface area (Å²) in [6, 6.07) is 2.16. The number of hydrogen-bond acceptors (Lipinski definition) is 6. The van der Waals surface area contributed by atoms with E-state index in [1.54, 1.807) is 0 Å². The van der Waals surface area contributed by atoms with Crippen molar-refractivity contribution in [3.05, 3.63) is 22.7 Å². The van der Waals surface area contributed by atoms with Gasteiger partial charge in [0.05, 0.1) is 16.4 Å². The Morgan fingerprint density at radius 3 is 1.71 bits per heavy atom. The van der Waals surface area contributed by atoms with E-state index in [9.17, 15) is 27.9 Å². The largest absolute Gasteiger partial charge is 1.00 e. The van der Waals surface area contributed by atoms with Crippen LogP contribution in [0.15, 0.2) is 12.1 Å². The Labute approximate surface area is 164 Å². The molecule has 0 radical (unpaired) electrons. The molecule has 2 amide bonds. The van der Waals surface area contributed by atoms with Gasteiger partial charge < -0.3 is 25.4 Å². The Kier molecular flexibility index (Phi) is 9.11. The van der Waals surface area contributed by atoms with E-state index in [1.165, 1.54) is 0 Å². The van der Waals surface area contributed by atoms with Gasteiger partial charge in [-0.1, -0.05) is 22.7 Å². The molecule has 10 nitrogen and oxygen atoms in total. The van der Waals surface area contributed by atoms with Crippen molar-refractivity contribution >= 4 is 57.8 Å². The maximum absolute atomic E-state index is 11.2. The van der Waals surface area contributed by atoms with E-state index >= 15 is 0 Å². The zero-order valence-corrected chi connectivity index (χ0v) is 15.6. The minimum absolute atomic E-state index is 0. The first-order chi connectivity index (χ1) is 10.6. The number of benzene rings is 1. The first-order valence-electron chi connectivity index (χ1n) is 5.58. The van der Waals surface area contributed by atoms with Gasteiger partial charge in [0.25, 0.3) is 0 Å². The normalized spacial score (nSPS) is 10.9. The molecular weight excluding hydrogens is 379 g/mol. The molecule has 0 aliphatic carbocycles. The van der Waals surface area contributed by atoms with Crippen LogP contribution in [-0.4, -0.2) is 42.7 Å². The Bertz CT molecular complexity index is 677. The molecule has 4 N–H and O–H groups in total. The van der Waals surface area contributed by atoms with Gasteiger partial charge >= 0.3 is 53.3 Å². The molecule has 0 heterocycles. The van der Waals surface area contributed by atoms with E-state index in [4.69, 9.17) is 21.8 Å². The summed E-state index contributed by atoms with van der Waals surface area (Å²) in [5.74, 6) is -7.10. The van der Waals surface area contributed by atoms with E-state index in [0.717, 1.165) is 12.1 Å². The first kappa shape index (κ1) is 22.5. The molecule has 1 aromatic carbocycles. The van der Waals surface area contributed by atoms with Gasteiger partial charge in [-0.25, -0.2) is 9.59 Å². The minimum Gasteiger partial charge on any atom is -0.772 e. The molecule has 0 spiro atoms. The SMILES string of the molecule is O=C(O)C(=O)Nc1cc(CS(=O)[O-])cc(NC(=O)C(=O)O)c1Cl.[Na+]. The van der Waals surface area contributed by atoms with E-state index in [2.05, 4.69) is 0 Å². The molecule has 13 heteroatoms. The summed E-state index contributed by atoms with van der Waals surface area (Å²) >= 11 is 3.31. The van der Waals surface area contributed by atoms with Crippen molar-refractivity contribution in [3.8, 4) is 0 Å². The number of amides is 2. The van der Waals surface area contributed by atoms with E-state index in [-0.39, 0.29) is 51.5 Å². The molecule has 0 aromatic heterocycles. The molecule has 1 atom stereocenters. The van der Waals surface area contributed by atoms with Gasteiger partial charge in [0.15, 0.2) is 0 Å². The van der Waals surface area contributed by atoms with Crippen LogP contribution in [0.1, 0.15) is 5.56 Å². The number of carboxylic acids is 2. The third-order valence-electron chi connectivity index (χ3n) is 2.30. The van der Waals surface area contributed by atoms with Gasteiger partial charge in [0.1, 0.15) is 0 Å². The van der Waals surface area contributed by atoms with E-state index < -0.39 is 40.6 Å². The fraction of sp³-hybridized carbons (Fsp3) is 0.0909. The van der Waals surface area contributed by atoms with Crippen molar-refractivity contribution in [2.75, 3.05) is 10.6 Å². The van der Waals surface area contributed by atoms with Gasteiger partial charge in [0, 0.05) is 5.75 Å². The predicted molar refractivity (Wildman–Crippen MR) is 76.6 cm³/mol. The summed E-state index contributed by atoms with van der Waals surface area (Å²) in [7, 11) is 0. The average molecular weight is 387 g/mol. The minimum atomic E-state index is -2.53. The predicted octanol–water partition coefficient (Wildman–Crippen LogP) is -3.23. The van der Waals surface area contributed by atoms with Gasteiger partial charge in [-0.3, -0.25) is 13.8 Å². The third-order valence-corrected chi connectivity index (χ3v) is 3.28. The van der Waals surface area contributed by atoms with Gasteiger partial charge in [0.2, 0.25) is 0 Å². The van der Waals surface area contributed by atoms with Crippen LogP contribution in [0.25, 0.3) is 0 Å². The molecule has 124 valence electrons. The number of aliphatic carboxylic acids is 2. The number of carboxylic acid groups (broad SMARTS) is 2. The van der Waals surface area contributed by atoms with Crippen molar-refractivity contribution < 1.29 is 67.7 Å². The smallest absolute Gasteiger partial charge is 0.772 e. The molecule has 0 aliphatic heterocycles. The van der Waals surface area contributed by atoms with Gasteiger partial charge in [-0.15, -0.1) is 0 Å². The fourth-order valence-corrected chi connectivity index (χ4v) is 2.08. The fourth-order valence-electron chi connectivity index (χ4n) is 1.44. The summed E-state index contributed by atoms with van der Waals surface area (Å²) in [6.45, 7) is 0. The van der Waals surface area contributed by atoms with Crippen LogP contribution in [0.2, 0.25) is 5.02 Å². The van der Waals surface area contributed by atoms with Gasteiger partial charge in [-0.05, 0) is 17.7 Å².